The Labute approximate surface area is 155 Å². The fourth-order valence-corrected chi connectivity index (χ4v) is 2.91. The van der Waals surface area contributed by atoms with Crippen molar-refractivity contribution >= 4 is 7.14 Å². The maximum absolute atomic E-state index is 12.1. The number of hydrogen-bond donors (Lipinski definition) is 1. The van der Waals surface area contributed by atoms with Gasteiger partial charge in [-0.3, -0.25) is 4.98 Å². The summed E-state index contributed by atoms with van der Waals surface area (Å²) in [4.78, 5) is 4.23. The van der Waals surface area contributed by atoms with Crippen LogP contribution in [0.5, 0.6) is 5.75 Å². The fraction of sp³-hybridized carbons (Fsp3) is 0.615. The molecule has 0 saturated carbocycles. The van der Waals surface area contributed by atoms with E-state index in [0.717, 1.165) is 11.3 Å². The molecule has 0 bridgehead atoms. The van der Waals surface area contributed by atoms with Crippen molar-refractivity contribution in [2.45, 2.75) is 39.0 Å². The van der Waals surface area contributed by atoms with Gasteiger partial charge in [-0.15, -0.1) is 0 Å². The Bertz CT molecular complexity index is 556. The van der Waals surface area contributed by atoms with E-state index in [0.29, 0.717) is 17.9 Å². The second-order valence-corrected chi connectivity index (χ2v) is 9.06. The third-order valence-electron chi connectivity index (χ3n) is 3.13. The summed E-state index contributed by atoms with van der Waals surface area (Å²) in [6.07, 6.45) is 1.56. The zero-order valence-corrected chi connectivity index (χ0v) is 18.1. The summed E-state index contributed by atoms with van der Waals surface area (Å²) in [7, 11) is -2.67. The third kappa shape index (κ3) is 3.84. The molecule has 0 amide bonds. The standard InChI is InChI=1S/C13H20NO4P.Ac/c1-8-11-10(7-17-13(2,3)18-11)9(6-14-8)12(15)19(4,5)16;/h6,12,15H,7H2,1-5H3;. The Balaban J connectivity index is 0.00000200. The van der Waals surface area contributed by atoms with Crippen LogP contribution in [0.3, 0.4) is 0 Å². The molecule has 7 heteroatoms. The van der Waals surface area contributed by atoms with Crippen molar-refractivity contribution in [1.29, 1.82) is 0 Å². The van der Waals surface area contributed by atoms with Gasteiger partial charge in [-0.2, -0.15) is 0 Å². The first kappa shape index (κ1) is 18.6. The maximum atomic E-state index is 12.1. The quantitative estimate of drug-likeness (QED) is 0.618. The van der Waals surface area contributed by atoms with E-state index < -0.39 is 18.8 Å². The van der Waals surface area contributed by atoms with Gasteiger partial charge in [0, 0.05) is 75.2 Å². The van der Waals surface area contributed by atoms with E-state index in [2.05, 4.69) is 4.98 Å². The van der Waals surface area contributed by atoms with Crippen LogP contribution in [0.4, 0.5) is 0 Å². The Hall–Kier alpha value is 0.542. The zero-order valence-electron chi connectivity index (χ0n) is 12.5. The van der Waals surface area contributed by atoms with E-state index in [-0.39, 0.29) is 44.1 Å². The average Bonchev–Trinajstić information content (AvgIpc) is 2.27. The van der Waals surface area contributed by atoms with Crippen molar-refractivity contribution in [2.24, 2.45) is 0 Å². The van der Waals surface area contributed by atoms with E-state index in [1.807, 2.05) is 20.8 Å². The fourth-order valence-electron chi connectivity index (χ4n) is 2.02. The molecule has 1 aliphatic heterocycles. The van der Waals surface area contributed by atoms with Crippen molar-refractivity contribution in [3.63, 3.8) is 0 Å². The van der Waals surface area contributed by atoms with Gasteiger partial charge in [-0.05, 0) is 20.3 Å². The van der Waals surface area contributed by atoms with Crippen LogP contribution < -0.4 is 4.74 Å². The number of aliphatic hydroxyl groups excluding tert-OH is 1. The molecule has 2 heterocycles. The number of hydrogen-bond acceptors (Lipinski definition) is 5. The Morgan fingerprint density at radius 1 is 1.45 bits per heavy atom. The van der Waals surface area contributed by atoms with E-state index >= 15 is 0 Å². The Morgan fingerprint density at radius 3 is 2.60 bits per heavy atom. The van der Waals surface area contributed by atoms with Crippen molar-refractivity contribution in [2.75, 3.05) is 13.3 Å². The number of fused-ring (bicyclic) bond motifs is 1. The van der Waals surface area contributed by atoms with Crippen LogP contribution in [0, 0.1) is 51.0 Å². The van der Waals surface area contributed by atoms with Crippen LogP contribution in [0.25, 0.3) is 0 Å². The molecule has 1 radical (unpaired) electrons. The number of ether oxygens (including phenoxy) is 2. The molecule has 5 nitrogen and oxygen atoms in total. The minimum atomic E-state index is -2.67. The predicted octanol–water partition coefficient (Wildman–Crippen LogP) is 2.65. The van der Waals surface area contributed by atoms with Gasteiger partial charge in [-0.25, -0.2) is 0 Å². The van der Waals surface area contributed by atoms with Gasteiger partial charge in [0.2, 0.25) is 5.79 Å². The van der Waals surface area contributed by atoms with Gasteiger partial charge in [-0.1, -0.05) is 0 Å². The molecule has 1 aromatic heterocycles. The second-order valence-electron chi connectivity index (χ2n) is 5.71. The Kier molecular flexibility index (Phi) is 5.90. The molecule has 109 valence electrons. The summed E-state index contributed by atoms with van der Waals surface area (Å²) in [6, 6.07) is 0. The summed E-state index contributed by atoms with van der Waals surface area (Å²) < 4.78 is 23.4. The zero-order chi connectivity index (χ0) is 14.4. The van der Waals surface area contributed by atoms with Gasteiger partial charge >= 0.3 is 0 Å². The van der Waals surface area contributed by atoms with Crippen molar-refractivity contribution < 1.29 is 63.2 Å². The van der Waals surface area contributed by atoms with Crippen LogP contribution in [0.15, 0.2) is 6.20 Å². The number of pyridine rings is 1. The summed E-state index contributed by atoms with van der Waals surface area (Å²) >= 11 is 0. The predicted molar refractivity (Wildman–Crippen MR) is 72.9 cm³/mol. The van der Waals surface area contributed by atoms with Crippen molar-refractivity contribution in [3.05, 3.63) is 23.0 Å². The molecule has 0 fully saturated rings. The molecule has 1 aromatic rings. The van der Waals surface area contributed by atoms with E-state index in [1.54, 1.807) is 19.5 Å². The summed E-state index contributed by atoms with van der Waals surface area (Å²) in [6.45, 7) is 8.91. The minimum absolute atomic E-state index is 0. The van der Waals surface area contributed by atoms with E-state index in [9.17, 15) is 9.67 Å². The molecule has 0 saturated heterocycles. The molecule has 1 atom stereocenters. The molecule has 1 aliphatic rings. The van der Waals surface area contributed by atoms with Crippen LogP contribution in [0.2, 0.25) is 0 Å². The van der Waals surface area contributed by atoms with Gasteiger partial charge in [0.05, 0.1) is 12.3 Å². The first-order valence-electron chi connectivity index (χ1n) is 6.16. The molecule has 20 heavy (non-hydrogen) atoms. The van der Waals surface area contributed by atoms with Crippen molar-refractivity contribution in [3.8, 4) is 5.75 Å². The molecule has 1 N–H and O–H groups in total. The summed E-state index contributed by atoms with van der Waals surface area (Å²) in [5, 5.41) is 10.2. The van der Waals surface area contributed by atoms with Crippen molar-refractivity contribution in [1.82, 2.24) is 4.98 Å². The molecule has 0 spiro atoms. The Morgan fingerprint density at radius 2 is 2.05 bits per heavy atom. The number of nitrogens with zero attached hydrogens (tertiary/aromatic N) is 1. The van der Waals surface area contributed by atoms with Gasteiger partial charge < -0.3 is 19.1 Å². The maximum Gasteiger partial charge on any atom is 0.205 e. The first-order chi connectivity index (χ1) is 8.62. The normalized spacial score (nSPS) is 18.5. The topological polar surface area (TPSA) is 68.7 Å². The SMILES string of the molecule is Cc1ncc(C(O)P(C)(C)=O)c2c1OC(C)(C)OC2.[Ac]. The second kappa shape index (κ2) is 6.34. The van der Waals surface area contributed by atoms with Gasteiger partial charge in [0.1, 0.15) is 18.7 Å². The van der Waals surface area contributed by atoms with Gasteiger partial charge in [0.15, 0.2) is 0 Å². The summed E-state index contributed by atoms with van der Waals surface area (Å²) in [5.74, 6) is -1.13. The van der Waals surface area contributed by atoms with Crippen LogP contribution in [-0.4, -0.2) is 29.2 Å². The molecule has 0 aliphatic carbocycles. The third-order valence-corrected chi connectivity index (χ3v) is 4.58. The molecule has 1 unspecified atom stereocenters. The van der Waals surface area contributed by atoms with Gasteiger partial charge in [0.25, 0.3) is 0 Å². The molecular weight excluding hydrogens is 492 g/mol. The van der Waals surface area contributed by atoms with E-state index in [1.165, 1.54) is 0 Å². The monoisotopic (exact) mass is 512 g/mol. The number of rotatable bonds is 2. The van der Waals surface area contributed by atoms with Crippen LogP contribution in [0.1, 0.15) is 36.5 Å². The number of aromatic nitrogens is 1. The smallest absolute Gasteiger partial charge is 0.205 e. The number of aryl methyl sites for hydroxylation is 1. The summed E-state index contributed by atoms with van der Waals surface area (Å²) in [5.41, 5.74) is 2.01. The largest absolute Gasteiger partial charge is 0.461 e. The van der Waals surface area contributed by atoms with E-state index in [4.69, 9.17) is 9.47 Å². The first-order valence-corrected chi connectivity index (χ1v) is 8.83. The van der Waals surface area contributed by atoms with Crippen LogP contribution in [-0.2, 0) is 15.9 Å². The van der Waals surface area contributed by atoms with Crippen LogP contribution >= 0.6 is 7.14 Å². The molecule has 2 rings (SSSR count). The minimum Gasteiger partial charge on any atom is -0.461 e. The molecule has 0 aromatic carbocycles. The average molecular weight is 512 g/mol. The molecular formula is C13H20AcNO4P. The number of aliphatic hydroxyl groups is 1.